The molecule has 1 N–H and O–H groups in total. The highest BCUT2D eigenvalue weighted by molar-refractivity contribution is 7.99. The number of carbonyl (C=O) groups excluding carboxylic acids is 2. The molecule has 0 saturated carbocycles. The van der Waals surface area contributed by atoms with Crippen LogP contribution in [0, 0.1) is 5.92 Å². The Kier molecular flexibility index (Phi) is 7.60. The molecule has 174 valence electrons. The summed E-state index contributed by atoms with van der Waals surface area (Å²) < 4.78 is 11.2. The van der Waals surface area contributed by atoms with E-state index >= 15 is 0 Å². The number of benzene rings is 1. The van der Waals surface area contributed by atoms with E-state index in [0.717, 1.165) is 39.8 Å². The predicted octanol–water partition coefficient (Wildman–Crippen LogP) is 5.27. The van der Waals surface area contributed by atoms with E-state index in [1.54, 1.807) is 30.2 Å². The fraction of sp³-hybridized carbons (Fsp3) is 0.385. The first kappa shape index (κ1) is 23.6. The Morgan fingerprint density at radius 3 is 2.79 bits per heavy atom. The van der Waals surface area contributed by atoms with E-state index < -0.39 is 5.92 Å². The highest BCUT2D eigenvalue weighted by atomic mass is 32.2. The van der Waals surface area contributed by atoms with Crippen molar-refractivity contribution in [3.05, 3.63) is 75.3 Å². The van der Waals surface area contributed by atoms with Gasteiger partial charge >= 0.3 is 5.97 Å². The monoisotopic (exact) mass is 483 g/mol. The molecule has 3 unspecified atom stereocenters. The van der Waals surface area contributed by atoms with Gasteiger partial charge in [-0.25, -0.2) is 4.79 Å². The zero-order valence-electron chi connectivity index (χ0n) is 19.1. The summed E-state index contributed by atoms with van der Waals surface area (Å²) in [6.45, 7) is 4.34. The molecule has 7 heteroatoms. The van der Waals surface area contributed by atoms with Gasteiger partial charge in [-0.05, 0) is 41.1 Å². The molecule has 0 bridgehead atoms. The third kappa shape index (κ3) is 4.89. The van der Waals surface area contributed by atoms with E-state index in [9.17, 15) is 9.59 Å². The number of para-hydroxylation sites is 1. The minimum Gasteiger partial charge on any atom is -0.496 e. The number of rotatable bonds is 8. The highest BCUT2D eigenvalue weighted by Crippen LogP contribution is 2.47. The van der Waals surface area contributed by atoms with Crippen LogP contribution in [0.5, 0.6) is 5.75 Å². The number of thiophene rings is 1. The number of nitrogens with one attached hydrogen (secondary N) is 1. The SMILES string of the molecule is CCSCCOC(=O)C1=C(C)NC2=CC(c3ccccc3OC)CC(=O)C2C1c1ccsc1. The Morgan fingerprint density at radius 1 is 1.24 bits per heavy atom. The average molecular weight is 484 g/mol. The van der Waals surface area contributed by atoms with E-state index in [1.807, 2.05) is 48.0 Å². The number of allylic oxidation sites excluding steroid dienone is 3. The van der Waals surface area contributed by atoms with Crippen molar-refractivity contribution in [3.8, 4) is 5.75 Å². The first-order valence-electron chi connectivity index (χ1n) is 11.2. The Balaban J connectivity index is 1.71. The van der Waals surface area contributed by atoms with Gasteiger partial charge in [0.2, 0.25) is 0 Å². The second-order valence-corrected chi connectivity index (χ2v) is 10.3. The smallest absolute Gasteiger partial charge is 0.336 e. The maximum absolute atomic E-state index is 13.6. The number of ketones is 1. The standard InChI is InChI=1S/C26H29NO4S2/c1-4-32-12-10-31-26(29)23-16(2)27-20-13-18(19-7-5-6-8-22(19)30-3)14-21(28)25(20)24(23)17-9-11-33-15-17/h5-9,11,13,15,18,24-25,27H,4,10,12,14H2,1-3H3. The molecule has 0 saturated heterocycles. The van der Waals surface area contributed by atoms with Gasteiger partial charge in [-0.15, -0.1) is 0 Å². The minimum atomic E-state index is -0.429. The van der Waals surface area contributed by atoms with E-state index in [2.05, 4.69) is 18.3 Å². The lowest BCUT2D eigenvalue weighted by Gasteiger charge is -2.39. The largest absolute Gasteiger partial charge is 0.496 e. The lowest BCUT2D eigenvalue weighted by atomic mass is 9.69. The van der Waals surface area contributed by atoms with Crippen LogP contribution in [-0.2, 0) is 14.3 Å². The Hall–Kier alpha value is -2.51. The summed E-state index contributed by atoms with van der Waals surface area (Å²) in [7, 11) is 1.65. The third-order valence-electron chi connectivity index (χ3n) is 6.19. The molecule has 0 amide bonds. The quantitative estimate of drug-likeness (QED) is 0.408. The second-order valence-electron chi connectivity index (χ2n) is 8.15. The number of fused-ring (bicyclic) bond motifs is 1. The topological polar surface area (TPSA) is 64.6 Å². The van der Waals surface area contributed by atoms with Crippen LogP contribution in [0.2, 0.25) is 0 Å². The van der Waals surface area contributed by atoms with Gasteiger partial charge in [0.1, 0.15) is 18.1 Å². The zero-order chi connectivity index (χ0) is 23.4. The van der Waals surface area contributed by atoms with Crippen molar-refractivity contribution in [1.82, 2.24) is 5.32 Å². The van der Waals surface area contributed by atoms with Gasteiger partial charge in [-0.2, -0.15) is 23.1 Å². The Labute approximate surface area is 203 Å². The number of esters is 1. The fourth-order valence-electron chi connectivity index (χ4n) is 4.74. The van der Waals surface area contributed by atoms with Crippen LogP contribution in [0.3, 0.4) is 0 Å². The number of thioether (sulfide) groups is 1. The molecule has 3 atom stereocenters. The molecule has 5 nitrogen and oxygen atoms in total. The van der Waals surface area contributed by atoms with E-state index in [0.29, 0.717) is 18.6 Å². The van der Waals surface area contributed by atoms with Crippen molar-refractivity contribution in [2.45, 2.75) is 32.1 Å². The number of carbonyl (C=O) groups is 2. The molecule has 0 spiro atoms. The molecule has 2 heterocycles. The number of Topliss-reactive ketones (excluding diaryl/α,β-unsaturated/α-hetero) is 1. The number of hydrogen-bond acceptors (Lipinski definition) is 7. The van der Waals surface area contributed by atoms with Crippen LogP contribution >= 0.6 is 23.1 Å². The van der Waals surface area contributed by atoms with Crippen LogP contribution in [0.25, 0.3) is 0 Å². The van der Waals surface area contributed by atoms with E-state index in [1.165, 1.54) is 0 Å². The number of methoxy groups -OCH3 is 1. The van der Waals surface area contributed by atoms with Crippen molar-refractivity contribution < 1.29 is 19.1 Å². The maximum Gasteiger partial charge on any atom is 0.336 e. The molecule has 1 aromatic heterocycles. The van der Waals surface area contributed by atoms with Gasteiger partial charge in [0, 0.05) is 41.0 Å². The summed E-state index contributed by atoms with van der Waals surface area (Å²) >= 11 is 3.30. The van der Waals surface area contributed by atoms with Crippen LogP contribution in [-0.4, -0.2) is 37.0 Å². The van der Waals surface area contributed by atoms with E-state index in [-0.39, 0.29) is 23.6 Å². The van der Waals surface area contributed by atoms with Crippen LogP contribution in [0.4, 0.5) is 0 Å². The molecule has 4 rings (SSSR count). The minimum absolute atomic E-state index is 0.0807. The van der Waals surface area contributed by atoms with Gasteiger partial charge in [0.05, 0.1) is 18.6 Å². The van der Waals surface area contributed by atoms with E-state index in [4.69, 9.17) is 9.47 Å². The molecular formula is C26H29NO4S2. The summed E-state index contributed by atoms with van der Waals surface area (Å²) in [6.07, 6.45) is 2.50. The Morgan fingerprint density at radius 2 is 2.06 bits per heavy atom. The summed E-state index contributed by atoms with van der Waals surface area (Å²) in [4.78, 5) is 26.7. The van der Waals surface area contributed by atoms with Crippen molar-refractivity contribution in [1.29, 1.82) is 0 Å². The molecule has 0 fully saturated rings. The second kappa shape index (κ2) is 10.6. The Bertz CT molecular complexity index is 1070. The molecule has 1 aliphatic carbocycles. The summed E-state index contributed by atoms with van der Waals surface area (Å²) in [5, 5.41) is 7.40. The molecule has 33 heavy (non-hydrogen) atoms. The van der Waals surface area contributed by atoms with Crippen LogP contribution in [0.1, 0.15) is 43.2 Å². The predicted molar refractivity (Wildman–Crippen MR) is 134 cm³/mol. The normalized spacial score (nSPS) is 22.3. The van der Waals surface area contributed by atoms with Crippen LogP contribution in [0.15, 0.2) is 64.1 Å². The lowest BCUT2D eigenvalue weighted by Crippen LogP contribution is -2.41. The van der Waals surface area contributed by atoms with Crippen molar-refractivity contribution in [2.75, 3.05) is 25.2 Å². The van der Waals surface area contributed by atoms with Crippen molar-refractivity contribution >= 4 is 34.9 Å². The first-order valence-corrected chi connectivity index (χ1v) is 13.3. The maximum atomic E-state index is 13.6. The number of hydrogen-bond donors (Lipinski definition) is 1. The molecule has 2 aromatic rings. The average Bonchev–Trinajstić information content (AvgIpc) is 3.35. The van der Waals surface area contributed by atoms with Gasteiger partial charge in [0.25, 0.3) is 0 Å². The van der Waals surface area contributed by atoms with Gasteiger partial charge < -0.3 is 14.8 Å². The molecule has 1 aromatic carbocycles. The molecule has 1 aliphatic heterocycles. The summed E-state index contributed by atoms with van der Waals surface area (Å²) in [5.74, 6) is 1.44. The van der Waals surface area contributed by atoms with Gasteiger partial charge in [0.15, 0.2) is 0 Å². The van der Waals surface area contributed by atoms with Crippen molar-refractivity contribution in [3.63, 3.8) is 0 Å². The fourth-order valence-corrected chi connectivity index (χ4v) is 5.93. The summed E-state index contributed by atoms with van der Waals surface area (Å²) in [5.41, 5.74) is 4.13. The molecule has 0 radical (unpaired) electrons. The van der Waals surface area contributed by atoms with Gasteiger partial charge in [-0.3, -0.25) is 4.79 Å². The lowest BCUT2D eigenvalue weighted by molar-refractivity contribution is -0.139. The molecule has 2 aliphatic rings. The zero-order valence-corrected chi connectivity index (χ0v) is 20.8. The first-order chi connectivity index (χ1) is 16.0. The van der Waals surface area contributed by atoms with Gasteiger partial charge in [-0.1, -0.05) is 31.2 Å². The highest BCUT2D eigenvalue weighted by Gasteiger charge is 2.45. The van der Waals surface area contributed by atoms with Crippen molar-refractivity contribution in [2.24, 2.45) is 5.92 Å². The summed E-state index contributed by atoms with van der Waals surface area (Å²) in [6, 6.07) is 9.82. The number of ether oxygens (including phenoxy) is 2. The molecular weight excluding hydrogens is 454 g/mol. The third-order valence-corrected chi connectivity index (χ3v) is 7.75. The van der Waals surface area contributed by atoms with Crippen LogP contribution < -0.4 is 10.1 Å².